The molecular formula is C26H20ClF4N5O4S. The van der Waals surface area contributed by atoms with Gasteiger partial charge in [0.1, 0.15) is 34.8 Å². The van der Waals surface area contributed by atoms with E-state index in [0.29, 0.717) is 10.2 Å². The first-order chi connectivity index (χ1) is 19.1. The number of primary amides is 1. The van der Waals surface area contributed by atoms with Gasteiger partial charge in [-0.1, -0.05) is 22.9 Å². The van der Waals surface area contributed by atoms with Crippen LogP contribution in [0.15, 0.2) is 42.5 Å². The third kappa shape index (κ3) is 4.81. The lowest BCUT2D eigenvalue weighted by molar-refractivity contribution is -0.265. The summed E-state index contributed by atoms with van der Waals surface area (Å²) in [5.74, 6) is -2.52. The zero-order valence-electron chi connectivity index (χ0n) is 21.0. The van der Waals surface area contributed by atoms with Crippen molar-refractivity contribution in [3.63, 3.8) is 0 Å². The number of hydrogen-bond donors (Lipinski definition) is 4. The van der Waals surface area contributed by atoms with E-state index in [4.69, 9.17) is 27.8 Å². The maximum absolute atomic E-state index is 14.6. The molecule has 9 nitrogen and oxygen atoms in total. The van der Waals surface area contributed by atoms with Crippen LogP contribution in [0.1, 0.15) is 28.5 Å². The van der Waals surface area contributed by atoms with Gasteiger partial charge >= 0.3 is 6.18 Å². The van der Waals surface area contributed by atoms with Gasteiger partial charge in [0.15, 0.2) is 5.13 Å². The van der Waals surface area contributed by atoms with Gasteiger partial charge in [-0.3, -0.25) is 9.59 Å². The normalized spacial score (nSPS) is 18.0. The molecule has 0 bridgehead atoms. The SMILES string of the molecule is C[C@]1(C(N)=O)COc2c1cc([C@@](O)(CNC(=O)c1cc(Cl)c3nc(N)sc3c1)C(F)(F)F)nc2-c1ccc(F)cc1. The molecular weight excluding hydrogens is 590 g/mol. The number of nitrogens with two attached hydrogens (primary N) is 2. The molecule has 6 N–H and O–H groups in total. The van der Waals surface area contributed by atoms with E-state index >= 15 is 0 Å². The molecule has 0 fully saturated rings. The number of anilines is 1. The van der Waals surface area contributed by atoms with Crippen LogP contribution < -0.4 is 21.5 Å². The van der Waals surface area contributed by atoms with Crippen LogP contribution in [0.25, 0.3) is 21.5 Å². The standard InChI is InChI=1S/C26H20ClF4N5O4S/c1-24(22(32)38)10-40-20-14(24)8-17(35-18(20)11-2-4-13(28)5-3-11)25(39,26(29,30)31)9-34-21(37)12-6-15(27)19-16(7-12)41-23(33)36-19/h2-8,39H,9-10H2,1H3,(H2,32,38)(H2,33,36)(H,34,37)/t24-,25-/m0/s1. The van der Waals surface area contributed by atoms with Crippen LogP contribution in [0.5, 0.6) is 5.75 Å². The summed E-state index contributed by atoms with van der Waals surface area (Å²) in [6.07, 6.45) is -5.36. The highest BCUT2D eigenvalue weighted by atomic mass is 35.5. The Morgan fingerprint density at radius 2 is 1.88 bits per heavy atom. The number of nitrogens with one attached hydrogen (secondary N) is 1. The highest BCUT2D eigenvalue weighted by Gasteiger charge is 2.57. The largest absolute Gasteiger partial charge is 0.489 e. The fraction of sp³-hybridized carbons (Fsp3) is 0.231. The molecule has 4 aromatic rings. The topological polar surface area (TPSA) is 153 Å². The number of fused-ring (bicyclic) bond motifs is 2. The van der Waals surface area contributed by atoms with Gasteiger partial charge in [0.05, 0.1) is 22.0 Å². The van der Waals surface area contributed by atoms with Gasteiger partial charge in [-0.25, -0.2) is 14.4 Å². The molecule has 0 unspecified atom stereocenters. The number of halogens is 5. The number of ether oxygens (including phenoxy) is 1. The van der Waals surface area contributed by atoms with Gasteiger partial charge in [-0.05, 0) is 49.4 Å². The van der Waals surface area contributed by atoms with Crippen molar-refractivity contribution in [2.75, 3.05) is 18.9 Å². The van der Waals surface area contributed by atoms with Gasteiger partial charge in [0, 0.05) is 16.7 Å². The first-order valence-electron chi connectivity index (χ1n) is 11.8. The molecule has 214 valence electrons. The van der Waals surface area contributed by atoms with E-state index in [1.54, 1.807) is 0 Å². The van der Waals surface area contributed by atoms with Gasteiger partial charge in [0.25, 0.3) is 5.91 Å². The number of aliphatic hydroxyl groups is 1. The summed E-state index contributed by atoms with van der Waals surface area (Å²) in [6, 6.07) is 8.08. The van der Waals surface area contributed by atoms with E-state index < -0.39 is 47.1 Å². The Labute approximate surface area is 238 Å². The van der Waals surface area contributed by atoms with Gasteiger partial charge in [0.2, 0.25) is 11.5 Å². The molecule has 1 aliphatic rings. The molecule has 15 heteroatoms. The average Bonchev–Trinajstić information content (AvgIpc) is 3.46. The maximum atomic E-state index is 14.6. The summed E-state index contributed by atoms with van der Waals surface area (Å²) in [5, 5.41) is 13.5. The van der Waals surface area contributed by atoms with Crippen molar-refractivity contribution in [1.29, 1.82) is 0 Å². The number of nitrogen functional groups attached to an aromatic ring is 1. The first kappa shape index (κ1) is 28.5. The van der Waals surface area contributed by atoms with Crippen molar-refractivity contribution < 1.29 is 37.0 Å². The van der Waals surface area contributed by atoms with Crippen LogP contribution in [0.4, 0.5) is 22.7 Å². The number of pyridine rings is 1. The second-order valence-corrected chi connectivity index (χ2v) is 11.1. The number of alkyl halides is 3. The molecule has 0 spiro atoms. The Hall–Kier alpha value is -4.01. The van der Waals surface area contributed by atoms with Crippen LogP contribution in [-0.4, -0.2) is 46.2 Å². The molecule has 2 aromatic carbocycles. The van der Waals surface area contributed by atoms with Crippen molar-refractivity contribution in [3.8, 4) is 17.0 Å². The monoisotopic (exact) mass is 609 g/mol. The minimum Gasteiger partial charge on any atom is -0.489 e. The van der Waals surface area contributed by atoms with Gasteiger partial charge in [-0.2, -0.15) is 13.2 Å². The first-order valence-corrected chi connectivity index (χ1v) is 13.0. The third-order valence-electron chi connectivity index (χ3n) is 6.86. The smallest absolute Gasteiger partial charge is 0.424 e. The number of hydrogen-bond acceptors (Lipinski definition) is 8. The molecule has 3 heterocycles. The van der Waals surface area contributed by atoms with E-state index in [1.807, 2.05) is 0 Å². The van der Waals surface area contributed by atoms with Crippen LogP contribution in [0.2, 0.25) is 5.02 Å². The maximum Gasteiger partial charge on any atom is 0.424 e. The van der Waals surface area contributed by atoms with Crippen LogP contribution in [-0.2, 0) is 15.8 Å². The Balaban J connectivity index is 1.59. The van der Waals surface area contributed by atoms with E-state index in [-0.39, 0.29) is 44.9 Å². The lowest BCUT2D eigenvalue weighted by Crippen LogP contribution is -2.51. The Kier molecular flexibility index (Phi) is 6.83. The van der Waals surface area contributed by atoms with Crippen LogP contribution >= 0.6 is 22.9 Å². The number of nitrogens with zero attached hydrogens (tertiary/aromatic N) is 2. The van der Waals surface area contributed by atoms with Crippen LogP contribution in [0.3, 0.4) is 0 Å². The third-order valence-corrected chi connectivity index (χ3v) is 7.98. The number of thiazole rings is 1. The quantitative estimate of drug-likeness (QED) is 0.241. The lowest BCUT2D eigenvalue weighted by Gasteiger charge is -2.31. The average molecular weight is 610 g/mol. The number of rotatable bonds is 6. The summed E-state index contributed by atoms with van der Waals surface area (Å²) in [7, 11) is 0. The molecule has 0 radical (unpaired) electrons. The summed E-state index contributed by atoms with van der Waals surface area (Å²) < 4.78 is 63.3. The summed E-state index contributed by atoms with van der Waals surface area (Å²) >= 11 is 7.19. The van der Waals surface area contributed by atoms with Gasteiger partial charge < -0.3 is 26.6 Å². The molecule has 1 aliphatic heterocycles. The second kappa shape index (κ2) is 9.82. The van der Waals surface area contributed by atoms with Crippen molar-refractivity contribution in [3.05, 3.63) is 70.1 Å². The summed E-state index contributed by atoms with van der Waals surface area (Å²) in [6.45, 7) is -0.290. The van der Waals surface area contributed by atoms with Crippen molar-refractivity contribution in [2.24, 2.45) is 5.73 Å². The number of aromatic nitrogens is 2. The minimum atomic E-state index is -5.36. The van der Waals surface area contributed by atoms with Crippen molar-refractivity contribution in [1.82, 2.24) is 15.3 Å². The lowest BCUT2D eigenvalue weighted by atomic mass is 9.81. The van der Waals surface area contributed by atoms with E-state index in [9.17, 15) is 32.3 Å². The Morgan fingerprint density at radius 3 is 2.51 bits per heavy atom. The fourth-order valence-corrected chi connectivity index (χ4v) is 5.50. The van der Waals surface area contributed by atoms with Gasteiger partial charge in [-0.15, -0.1) is 0 Å². The molecule has 2 aromatic heterocycles. The minimum absolute atomic E-state index is 0.0398. The molecule has 0 saturated heterocycles. The second-order valence-electron chi connectivity index (χ2n) is 9.62. The Morgan fingerprint density at radius 1 is 1.20 bits per heavy atom. The van der Waals surface area contributed by atoms with Crippen molar-refractivity contribution >= 4 is 50.1 Å². The zero-order chi connectivity index (χ0) is 29.9. The molecule has 2 atom stereocenters. The molecule has 5 rings (SSSR count). The number of amides is 2. The van der Waals surface area contributed by atoms with E-state index in [0.717, 1.165) is 29.5 Å². The molecule has 0 aliphatic carbocycles. The molecule has 0 saturated carbocycles. The molecule has 41 heavy (non-hydrogen) atoms. The zero-order valence-corrected chi connectivity index (χ0v) is 22.5. The van der Waals surface area contributed by atoms with E-state index in [2.05, 4.69) is 15.3 Å². The predicted octanol–water partition coefficient (Wildman–Crippen LogP) is 4.05. The van der Waals surface area contributed by atoms with E-state index in [1.165, 1.54) is 31.2 Å². The fourth-order valence-electron chi connectivity index (χ4n) is 4.39. The predicted molar refractivity (Wildman–Crippen MR) is 143 cm³/mol. The number of carbonyl (C=O) groups excluding carboxylic acids is 2. The highest BCUT2D eigenvalue weighted by molar-refractivity contribution is 7.22. The number of carbonyl (C=O) groups is 2. The van der Waals surface area contributed by atoms with Crippen LogP contribution in [0, 0.1) is 5.82 Å². The summed E-state index contributed by atoms with van der Waals surface area (Å²) in [4.78, 5) is 33.3. The number of benzene rings is 2. The Bertz CT molecular complexity index is 1720. The van der Waals surface area contributed by atoms with Crippen molar-refractivity contribution in [2.45, 2.75) is 24.1 Å². The molecule has 2 amide bonds. The highest BCUT2D eigenvalue weighted by Crippen LogP contribution is 2.47. The summed E-state index contributed by atoms with van der Waals surface area (Å²) in [5.41, 5.74) is 5.14.